The number of thioether (sulfide) groups is 1. The normalized spacial score (nSPS) is 19.5. The van der Waals surface area contributed by atoms with Gasteiger partial charge >= 0.3 is 0 Å². The fraction of sp³-hybridized carbons (Fsp3) is 0.800. The zero-order valence-corrected chi connectivity index (χ0v) is 16.5. The Labute approximate surface area is 156 Å². The van der Waals surface area contributed by atoms with Gasteiger partial charge in [-0.25, -0.2) is 4.68 Å². The number of carbonyl (C=O) groups excluding carboxylic acids is 1. The topological polar surface area (TPSA) is 53.4 Å². The summed E-state index contributed by atoms with van der Waals surface area (Å²) in [5.41, 5.74) is 0. The third kappa shape index (κ3) is 5.52. The first-order valence-electron chi connectivity index (χ1n) is 8.59. The largest absolute Gasteiger partial charge is 0.352 e. The van der Waals surface area contributed by atoms with E-state index < -0.39 is 0 Å². The van der Waals surface area contributed by atoms with E-state index >= 15 is 0 Å². The molecule has 3 rings (SSSR count). The van der Waals surface area contributed by atoms with Gasteiger partial charge in [-0.1, -0.05) is 30.0 Å². The monoisotopic (exact) mass is 387 g/mol. The molecule has 6 nitrogen and oxygen atoms in total. The van der Waals surface area contributed by atoms with Crippen molar-refractivity contribution in [1.82, 2.24) is 24.9 Å². The van der Waals surface area contributed by atoms with Gasteiger partial charge in [0.05, 0.1) is 13.2 Å². The SMILES string of the molecule is CCCSc1nn(CN2CCN(CC(=O)NC3CC3)CC2)c(=S)s1. The van der Waals surface area contributed by atoms with Gasteiger partial charge in [0.2, 0.25) is 5.91 Å². The van der Waals surface area contributed by atoms with Gasteiger partial charge in [-0.2, -0.15) is 5.10 Å². The van der Waals surface area contributed by atoms with Crippen molar-refractivity contribution in [2.45, 2.75) is 43.2 Å². The van der Waals surface area contributed by atoms with Crippen LogP contribution >= 0.6 is 35.3 Å². The zero-order chi connectivity index (χ0) is 16.9. The van der Waals surface area contributed by atoms with E-state index in [-0.39, 0.29) is 5.91 Å². The first-order valence-corrected chi connectivity index (χ1v) is 10.8. The lowest BCUT2D eigenvalue weighted by atomic mass is 10.3. The quantitative estimate of drug-likeness (QED) is 0.544. The molecule has 1 aliphatic heterocycles. The van der Waals surface area contributed by atoms with Crippen LogP contribution in [-0.2, 0) is 11.5 Å². The van der Waals surface area contributed by atoms with E-state index in [9.17, 15) is 4.79 Å². The Morgan fingerprint density at radius 3 is 2.71 bits per heavy atom. The average molecular weight is 388 g/mol. The van der Waals surface area contributed by atoms with Crippen LogP contribution in [-0.4, -0.2) is 70.0 Å². The molecule has 0 aromatic carbocycles. The Morgan fingerprint density at radius 1 is 1.33 bits per heavy atom. The Morgan fingerprint density at radius 2 is 2.04 bits per heavy atom. The summed E-state index contributed by atoms with van der Waals surface area (Å²) in [6, 6.07) is 0.449. The molecule has 1 aromatic heterocycles. The fourth-order valence-electron chi connectivity index (χ4n) is 2.61. The second-order valence-electron chi connectivity index (χ2n) is 6.36. The summed E-state index contributed by atoms with van der Waals surface area (Å²) in [6.45, 7) is 7.21. The molecule has 1 saturated carbocycles. The molecular weight excluding hydrogens is 362 g/mol. The molecule has 0 spiro atoms. The van der Waals surface area contributed by atoms with Gasteiger partial charge in [0, 0.05) is 38.0 Å². The van der Waals surface area contributed by atoms with Crippen LogP contribution in [0.2, 0.25) is 0 Å². The summed E-state index contributed by atoms with van der Waals surface area (Å²) in [7, 11) is 0. The van der Waals surface area contributed by atoms with Gasteiger partial charge in [-0.3, -0.25) is 14.6 Å². The van der Waals surface area contributed by atoms with Gasteiger partial charge < -0.3 is 5.32 Å². The zero-order valence-electron chi connectivity index (χ0n) is 14.1. The summed E-state index contributed by atoms with van der Waals surface area (Å²) < 4.78 is 3.85. The lowest BCUT2D eigenvalue weighted by Gasteiger charge is -2.33. The Hall–Kier alpha value is -0.480. The molecule has 2 fully saturated rings. The molecule has 1 saturated heterocycles. The third-order valence-electron chi connectivity index (χ3n) is 4.13. The first kappa shape index (κ1) is 18.3. The van der Waals surface area contributed by atoms with Crippen molar-refractivity contribution in [2.75, 3.05) is 38.5 Å². The van der Waals surface area contributed by atoms with E-state index in [2.05, 4.69) is 27.1 Å². The first-order chi connectivity index (χ1) is 11.6. The molecule has 1 aliphatic carbocycles. The highest BCUT2D eigenvalue weighted by molar-refractivity contribution is 8.01. The highest BCUT2D eigenvalue weighted by Crippen LogP contribution is 2.22. The minimum absolute atomic E-state index is 0.172. The van der Waals surface area contributed by atoms with Crippen LogP contribution in [0.5, 0.6) is 0 Å². The highest BCUT2D eigenvalue weighted by atomic mass is 32.2. The van der Waals surface area contributed by atoms with Crippen molar-refractivity contribution < 1.29 is 4.79 Å². The minimum atomic E-state index is 0.172. The van der Waals surface area contributed by atoms with Crippen molar-refractivity contribution in [3.63, 3.8) is 0 Å². The van der Waals surface area contributed by atoms with Gasteiger partial charge in [0.15, 0.2) is 8.29 Å². The molecule has 1 N–H and O–H groups in total. The van der Waals surface area contributed by atoms with Crippen molar-refractivity contribution in [3.05, 3.63) is 3.95 Å². The molecule has 1 aromatic rings. The molecule has 0 unspecified atom stereocenters. The predicted octanol–water partition coefficient (Wildman–Crippen LogP) is 2.03. The molecule has 0 bridgehead atoms. The number of carbonyl (C=O) groups is 1. The van der Waals surface area contributed by atoms with Gasteiger partial charge in [-0.05, 0) is 31.5 Å². The molecule has 24 heavy (non-hydrogen) atoms. The molecule has 9 heteroatoms. The molecule has 2 aliphatic rings. The maximum atomic E-state index is 11.9. The van der Waals surface area contributed by atoms with Crippen molar-refractivity contribution in [2.24, 2.45) is 0 Å². The van der Waals surface area contributed by atoms with Gasteiger partial charge in [0.25, 0.3) is 0 Å². The molecule has 1 amide bonds. The Bertz CT molecular complexity index is 604. The maximum Gasteiger partial charge on any atom is 0.234 e. The maximum absolute atomic E-state index is 11.9. The van der Waals surface area contributed by atoms with Crippen molar-refractivity contribution >= 4 is 41.2 Å². The Kier molecular flexibility index (Phi) is 6.68. The molecular formula is C15H25N5OS3. The number of nitrogens with zero attached hydrogens (tertiary/aromatic N) is 4. The number of nitrogens with one attached hydrogen (secondary N) is 1. The summed E-state index contributed by atoms with van der Waals surface area (Å²) in [5, 5.41) is 7.68. The summed E-state index contributed by atoms with van der Waals surface area (Å²) >= 11 is 8.82. The molecule has 0 radical (unpaired) electrons. The van der Waals surface area contributed by atoms with E-state index in [1.165, 1.54) is 0 Å². The lowest BCUT2D eigenvalue weighted by Crippen LogP contribution is -2.49. The highest BCUT2D eigenvalue weighted by Gasteiger charge is 2.25. The third-order valence-corrected chi connectivity index (χ3v) is 6.77. The molecule has 2 heterocycles. The second kappa shape index (κ2) is 8.75. The van der Waals surface area contributed by atoms with E-state index in [4.69, 9.17) is 12.2 Å². The predicted molar refractivity (Wildman–Crippen MR) is 101 cm³/mol. The summed E-state index contributed by atoms with van der Waals surface area (Å²) in [4.78, 5) is 16.5. The van der Waals surface area contributed by atoms with Gasteiger partial charge in [0.1, 0.15) is 0 Å². The van der Waals surface area contributed by atoms with Crippen molar-refractivity contribution in [3.8, 4) is 0 Å². The number of hydrogen-bond acceptors (Lipinski definition) is 7. The fourth-order valence-corrected chi connectivity index (χ4v) is 4.85. The minimum Gasteiger partial charge on any atom is -0.352 e. The number of piperazine rings is 1. The number of rotatable bonds is 8. The van der Waals surface area contributed by atoms with Crippen LogP contribution in [0.3, 0.4) is 0 Å². The second-order valence-corrected chi connectivity index (χ2v) is 9.32. The summed E-state index contributed by atoms with van der Waals surface area (Å²) in [6.07, 6.45) is 3.44. The summed E-state index contributed by atoms with van der Waals surface area (Å²) in [5.74, 6) is 1.26. The van der Waals surface area contributed by atoms with Crippen LogP contribution in [0.1, 0.15) is 26.2 Å². The van der Waals surface area contributed by atoms with Crippen LogP contribution in [0.4, 0.5) is 0 Å². The molecule has 0 atom stereocenters. The van der Waals surface area contributed by atoms with E-state index in [1.54, 1.807) is 23.1 Å². The van der Waals surface area contributed by atoms with E-state index in [1.807, 2.05) is 4.68 Å². The van der Waals surface area contributed by atoms with Crippen LogP contribution in [0.15, 0.2) is 4.34 Å². The molecule has 134 valence electrons. The Balaban J connectivity index is 1.42. The smallest absolute Gasteiger partial charge is 0.234 e. The van der Waals surface area contributed by atoms with E-state index in [0.717, 1.165) is 66.2 Å². The van der Waals surface area contributed by atoms with Crippen LogP contribution in [0.25, 0.3) is 0 Å². The number of aromatic nitrogens is 2. The number of hydrogen-bond donors (Lipinski definition) is 1. The standard InChI is InChI=1S/C15H25N5OS3/c1-2-9-23-14-17-20(15(22)24-14)11-19-7-5-18(6-8-19)10-13(21)16-12-3-4-12/h12H,2-11H2,1H3,(H,16,21). The number of amides is 1. The van der Waals surface area contributed by atoms with Crippen LogP contribution < -0.4 is 5.32 Å². The van der Waals surface area contributed by atoms with Crippen LogP contribution in [0, 0.1) is 3.95 Å². The van der Waals surface area contributed by atoms with Crippen molar-refractivity contribution in [1.29, 1.82) is 0 Å². The van der Waals surface area contributed by atoms with E-state index in [0.29, 0.717) is 12.6 Å². The lowest BCUT2D eigenvalue weighted by molar-refractivity contribution is -0.122. The average Bonchev–Trinajstić information content (AvgIpc) is 3.30. The van der Waals surface area contributed by atoms with Gasteiger partial charge in [-0.15, -0.1) is 0 Å².